The third kappa shape index (κ3) is 1.49. The van der Waals surface area contributed by atoms with E-state index < -0.39 is 0 Å². The molecule has 0 aromatic heterocycles. The van der Waals surface area contributed by atoms with Gasteiger partial charge in [-0.15, -0.1) is 0 Å². The Labute approximate surface area is 79.7 Å². The molecule has 0 saturated heterocycles. The number of ether oxygens (including phenoxy) is 1. The van der Waals surface area contributed by atoms with Gasteiger partial charge in [-0.1, -0.05) is 45.0 Å². The Hall–Kier alpha value is -0.820. The van der Waals surface area contributed by atoms with Crippen LogP contribution in [0.1, 0.15) is 38.0 Å². The smallest absolute Gasteiger partial charge is 0.0881 e. The van der Waals surface area contributed by atoms with Gasteiger partial charge in [-0.2, -0.15) is 0 Å². The largest absolute Gasteiger partial charge is 0.368 e. The lowest BCUT2D eigenvalue weighted by Crippen LogP contribution is -2.17. The van der Waals surface area contributed by atoms with Gasteiger partial charge >= 0.3 is 0 Å². The van der Waals surface area contributed by atoms with Crippen molar-refractivity contribution in [3.8, 4) is 0 Å². The Balaban J connectivity index is 2.39. The highest BCUT2D eigenvalue weighted by Crippen LogP contribution is 2.42. The monoisotopic (exact) mass is 176 g/mol. The summed E-state index contributed by atoms with van der Waals surface area (Å²) in [6.07, 6.45) is 0.267. The van der Waals surface area contributed by atoms with Crippen molar-refractivity contribution >= 4 is 0 Å². The number of benzene rings is 1. The SMILES string of the molecule is CC(C)(C)C1OCc2ccccc21. The standard InChI is InChI=1S/C12H16O/c1-12(2,3)11-10-7-5-4-6-9(10)8-13-11/h4-7,11H,8H2,1-3H3. The molecule has 0 aliphatic carbocycles. The van der Waals surface area contributed by atoms with E-state index in [2.05, 4.69) is 45.0 Å². The molecule has 1 heteroatoms. The first-order chi connectivity index (χ1) is 6.09. The number of hydrogen-bond acceptors (Lipinski definition) is 1. The minimum atomic E-state index is 0.201. The topological polar surface area (TPSA) is 9.23 Å². The van der Waals surface area contributed by atoms with Crippen LogP contribution in [0.25, 0.3) is 0 Å². The molecule has 0 bridgehead atoms. The van der Waals surface area contributed by atoms with Crippen molar-refractivity contribution in [2.75, 3.05) is 0 Å². The molecule has 0 radical (unpaired) electrons. The minimum absolute atomic E-state index is 0.201. The van der Waals surface area contributed by atoms with Gasteiger partial charge in [0, 0.05) is 0 Å². The van der Waals surface area contributed by atoms with E-state index in [1.54, 1.807) is 0 Å². The van der Waals surface area contributed by atoms with Crippen LogP contribution in [-0.2, 0) is 11.3 Å². The highest BCUT2D eigenvalue weighted by atomic mass is 16.5. The minimum Gasteiger partial charge on any atom is -0.368 e. The summed E-state index contributed by atoms with van der Waals surface area (Å²) >= 11 is 0. The Morgan fingerprint density at radius 3 is 2.62 bits per heavy atom. The molecule has 1 atom stereocenters. The molecule has 0 saturated carbocycles. The summed E-state index contributed by atoms with van der Waals surface area (Å²) in [6, 6.07) is 8.50. The Bertz CT molecular complexity index is 309. The molecule has 0 N–H and O–H groups in total. The summed E-state index contributed by atoms with van der Waals surface area (Å²) in [6.45, 7) is 7.44. The highest BCUT2D eigenvalue weighted by Gasteiger charge is 2.32. The van der Waals surface area contributed by atoms with E-state index in [1.807, 2.05) is 0 Å². The molecule has 13 heavy (non-hydrogen) atoms. The van der Waals surface area contributed by atoms with Gasteiger partial charge in [-0.25, -0.2) is 0 Å². The van der Waals surface area contributed by atoms with Crippen molar-refractivity contribution in [2.45, 2.75) is 33.5 Å². The van der Waals surface area contributed by atoms with Crippen molar-refractivity contribution in [2.24, 2.45) is 5.41 Å². The second-order valence-electron chi connectivity index (χ2n) is 4.76. The lowest BCUT2D eigenvalue weighted by Gasteiger charge is -2.26. The number of fused-ring (bicyclic) bond motifs is 1. The van der Waals surface area contributed by atoms with Crippen LogP contribution < -0.4 is 0 Å². The highest BCUT2D eigenvalue weighted by molar-refractivity contribution is 5.32. The van der Waals surface area contributed by atoms with E-state index >= 15 is 0 Å². The van der Waals surface area contributed by atoms with Gasteiger partial charge < -0.3 is 4.74 Å². The summed E-state index contributed by atoms with van der Waals surface area (Å²) in [5.41, 5.74) is 2.92. The molecule has 0 spiro atoms. The Morgan fingerprint density at radius 1 is 1.23 bits per heavy atom. The molecule has 1 heterocycles. The van der Waals surface area contributed by atoms with Gasteiger partial charge in [-0.05, 0) is 16.5 Å². The molecule has 1 aliphatic rings. The van der Waals surface area contributed by atoms with Gasteiger partial charge in [0.05, 0.1) is 12.7 Å². The fourth-order valence-electron chi connectivity index (χ4n) is 1.90. The zero-order chi connectivity index (χ0) is 9.47. The summed E-state index contributed by atoms with van der Waals surface area (Å²) < 4.78 is 5.79. The van der Waals surface area contributed by atoms with Crippen molar-refractivity contribution in [3.63, 3.8) is 0 Å². The summed E-state index contributed by atoms with van der Waals surface area (Å²) in [4.78, 5) is 0. The second kappa shape index (κ2) is 2.85. The summed E-state index contributed by atoms with van der Waals surface area (Å²) in [5, 5.41) is 0. The van der Waals surface area contributed by atoms with Crippen LogP contribution in [0, 0.1) is 5.41 Å². The van der Waals surface area contributed by atoms with Crippen molar-refractivity contribution < 1.29 is 4.74 Å². The van der Waals surface area contributed by atoms with E-state index in [-0.39, 0.29) is 11.5 Å². The molecule has 0 amide bonds. The predicted molar refractivity (Wildman–Crippen MR) is 53.4 cm³/mol. The van der Waals surface area contributed by atoms with E-state index in [4.69, 9.17) is 4.74 Å². The zero-order valence-electron chi connectivity index (χ0n) is 8.50. The Kier molecular flexibility index (Phi) is 1.92. The Morgan fingerprint density at radius 2 is 1.92 bits per heavy atom. The maximum Gasteiger partial charge on any atom is 0.0881 e. The van der Waals surface area contributed by atoms with Crippen LogP contribution in [0.4, 0.5) is 0 Å². The van der Waals surface area contributed by atoms with Crippen LogP contribution in [0.15, 0.2) is 24.3 Å². The summed E-state index contributed by atoms with van der Waals surface area (Å²) in [7, 11) is 0. The fraction of sp³-hybridized carbons (Fsp3) is 0.500. The molecule has 1 aliphatic heterocycles. The molecule has 1 unspecified atom stereocenters. The molecule has 1 nitrogen and oxygen atoms in total. The molecule has 1 aromatic rings. The quantitative estimate of drug-likeness (QED) is 0.589. The number of rotatable bonds is 0. The molecular formula is C12H16O. The van der Waals surface area contributed by atoms with Crippen LogP contribution >= 0.6 is 0 Å². The zero-order valence-corrected chi connectivity index (χ0v) is 8.50. The van der Waals surface area contributed by atoms with Gasteiger partial charge in [-0.3, -0.25) is 0 Å². The first kappa shape index (κ1) is 8.76. The van der Waals surface area contributed by atoms with Crippen molar-refractivity contribution in [1.29, 1.82) is 0 Å². The molecule has 0 fully saturated rings. The molecule has 2 rings (SSSR count). The van der Waals surface area contributed by atoms with E-state index in [0.29, 0.717) is 0 Å². The van der Waals surface area contributed by atoms with Crippen LogP contribution in [0.3, 0.4) is 0 Å². The molecule has 1 aromatic carbocycles. The van der Waals surface area contributed by atoms with Gasteiger partial charge in [0.15, 0.2) is 0 Å². The third-order valence-electron chi connectivity index (χ3n) is 2.53. The molecular weight excluding hydrogens is 160 g/mol. The van der Waals surface area contributed by atoms with Crippen LogP contribution in [0.2, 0.25) is 0 Å². The fourth-order valence-corrected chi connectivity index (χ4v) is 1.90. The number of hydrogen-bond donors (Lipinski definition) is 0. The average Bonchev–Trinajstić information content (AvgIpc) is 2.45. The lowest BCUT2D eigenvalue weighted by atomic mass is 9.84. The third-order valence-corrected chi connectivity index (χ3v) is 2.53. The first-order valence-corrected chi connectivity index (χ1v) is 4.78. The second-order valence-corrected chi connectivity index (χ2v) is 4.76. The average molecular weight is 176 g/mol. The predicted octanol–water partition coefficient (Wildman–Crippen LogP) is 3.30. The maximum atomic E-state index is 5.79. The molecule has 70 valence electrons. The normalized spacial score (nSPS) is 21.6. The summed E-state index contributed by atoms with van der Waals surface area (Å²) in [5.74, 6) is 0. The lowest BCUT2D eigenvalue weighted by molar-refractivity contribution is -0.00789. The van der Waals surface area contributed by atoms with Crippen molar-refractivity contribution in [1.82, 2.24) is 0 Å². The maximum absolute atomic E-state index is 5.79. The van der Waals surface area contributed by atoms with Crippen LogP contribution in [-0.4, -0.2) is 0 Å². The van der Waals surface area contributed by atoms with Gasteiger partial charge in [0.1, 0.15) is 0 Å². The van der Waals surface area contributed by atoms with E-state index in [0.717, 1.165) is 6.61 Å². The van der Waals surface area contributed by atoms with Gasteiger partial charge in [0.25, 0.3) is 0 Å². The van der Waals surface area contributed by atoms with Gasteiger partial charge in [0.2, 0.25) is 0 Å². The first-order valence-electron chi connectivity index (χ1n) is 4.78. The van der Waals surface area contributed by atoms with Crippen LogP contribution in [0.5, 0.6) is 0 Å². The van der Waals surface area contributed by atoms with E-state index in [1.165, 1.54) is 11.1 Å². The van der Waals surface area contributed by atoms with Crippen molar-refractivity contribution in [3.05, 3.63) is 35.4 Å². The van der Waals surface area contributed by atoms with E-state index in [9.17, 15) is 0 Å².